The van der Waals surface area contributed by atoms with Crippen LogP contribution in [0.4, 0.5) is 0 Å². The molecule has 0 radical (unpaired) electrons. The zero-order valence-corrected chi connectivity index (χ0v) is 15.6. The van der Waals surface area contributed by atoms with Crippen LogP contribution in [-0.4, -0.2) is 25.4 Å². The molecule has 2 aromatic rings. The minimum atomic E-state index is -0.502. The van der Waals surface area contributed by atoms with Crippen LogP contribution in [-0.2, 0) is 14.2 Å². The van der Waals surface area contributed by atoms with Crippen LogP contribution in [0, 0.1) is 22.7 Å². The van der Waals surface area contributed by atoms with Crippen LogP contribution < -0.4 is 0 Å². The molecule has 2 aliphatic rings. The van der Waals surface area contributed by atoms with Gasteiger partial charge in [-0.2, -0.15) is 10.5 Å². The van der Waals surface area contributed by atoms with Gasteiger partial charge >= 0.3 is 0 Å². The molecule has 0 bridgehead atoms. The van der Waals surface area contributed by atoms with Crippen molar-refractivity contribution in [3.8, 4) is 12.1 Å². The number of nitrogens with zero attached hydrogens (tertiary/aromatic N) is 2. The highest BCUT2D eigenvalue weighted by atomic mass is 35.5. The average Bonchev–Trinajstić information content (AvgIpc) is 3.55. The fraction of sp³-hybridized carbons (Fsp3) is 0.300. The summed E-state index contributed by atoms with van der Waals surface area (Å²) in [6, 6.07) is 14.8. The van der Waals surface area contributed by atoms with Crippen molar-refractivity contribution in [1.29, 1.82) is 10.5 Å². The van der Waals surface area contributed by atoms with Crippen LogP contribution in [0.2, 0.25) is 10.0 Å². The predicted octanol–water partition coefficient (Wildman–Crippen LogP) is 4.33. The minimum absolute atomic E-state index is 0.179. The first-order chi connectivity index (χ1) is 13.1. The second-order valence-electron chi connectivity index (χ2n) is 6.35. The molecule has 2 aromatic carbocycles. The largest absolute Gasteiger partial charge is 0.370 e. The van der Waals surface area contributed by atoms with Crippen LogP contribution in [0.3, 0.4) is 0 Å². The molecule has 2 aliphatic heterocycles. The standard InChI is InChI=1S/C20H14Cl2N2O3/c21-15-5-1-3-11(13(15)7-23)19(17-9-25-17)27-20(18-10-26-18)12-4-2-6-16(22)14(12)8-24/h1-6,17-20H,9-10H2/t17-,18-,19?,20?/m1/s1. The first-order valence-corrected chi connectivity index (χ1v) is 9.15. The molecule has 4 atom stereocenters. The Labute approximate surface area is 166 Å². The summed E-state index contributed by atoms with van der Waals surface area (Å²) in [5.41, 5.74) is 2.06. The lowest BCUT2D eigenvalue weighted by Gasteiger charge is -2.25. The molecule has 0 aliphatic carbocycles. The van der Waals surface area contributed by atoms with Gasteiger partial charge in [0, 0.05) is 11.1 Å². The van der Waals surface area contributed by atoms with Crippen molar-refractivity contribution in [3.63, 3.8) is 0 Å². The van der Waals surface area contributed by atoms with Gasteiger partial charge in [0.15, 0.2) is 0 Å². The van der Waals surface area contributed by atoms with E-state index in [-0.39, 0.29) is 12.2 Å². The topological polar surface area (TPSA) is 81.9 Å². The lowest BCUT2D eigenvalue weighted by atomic mass is 9.98. The summed E-state index contributed by atoms with van der Waals surface area (Å²) < 4.78 is 17.3. The number of hydrogen-bond donors (Lipinski definition) is 0. The summed E-state index contributed by atoms with van der Waals surface area (Å²) in [4.78, 5) is 0. The molecular weight excluding hydrogens is 387 g/mol. The molecule has 2 unspecified atom stereocenters. The Morgan fingerprint density at radius 1 is 0.852 bits per heavy atom. The molecule has 0 saturated carbocycles. The van der Waals surface area contributed by atoms with E-state index in [1.54, 1.807) is 24.3 Å². The van der Waals surface area contributed by atoms with Crippen molar-refractivity contribution in [2.75, 3.05) is 13.2 Å². The van der Waals surface area contributed by atoms with Gasteiger partial charge < -0.3 is 14.2 Å². The molecule has 0 amide bonds. The van der Waals surface area contributed by atoms with E-state index in [0.29, 0.717) is 45.5 Å². The smallest absolute Gasteiger partial charge is 0.113 e. The van der Waals surface area contributed by atoms with E-state index < -0.39 is 12.2 Å². The van der Waals surface area contributed by atoms with E-state index in [1.165, 1.54) is 0 Å². The Hall–Kier alpha value is -2.12. The Bertz CT molecular complexity index is 881. The van der Waals surface area contributed by atoms with Crippen molar-refractivity contribution in [1.82, 2.24) is 0 Å². The third-order valence-electron chi connectivity index (χ3n) is 4.62. The van der Waals surface area contributed by atoms with Gasteiger partial charge in [-0.05, 0) is 12.1 Å². The van der Waals surface area contributed by atoms with Gasteiger partial charge in [0.25, 0.3) is 0 Å². The molecule has 27 heavy (non-hydrogen) atoms. The maximum Gasteiger partial charge on any atom is 0.113 e. The molecule has 0 spiro atoms. The first kappa shape index (κ1) is 18.3. The van der Waals surface area contributed by atoms with Crippen molar-refractivity contribution >= 4 is 23.2 Å². The average molecular weight is 401 g/mol. The van der Waals surface area contributed by atoms with Gasteiger partial charge in [0.2, 0.25) is 0 Å². The first-order valence-electron chi connectivity index (χ1n) is 8.39. The van der Waals surface area contributed by atoms with E-state index in [0.717, 1.165) is 0 Å². The SMILES string of the molecule is N#Cc1c(Cl)cccc1C(OC(c1cccc(Cl)c1C#N)[C@H]1CO1)[C@H]1CO1. The van der Waals surface area contributed by atoms with Crippen molar-refractivity contribution in [2.24, 2.45) is 0 Å². The Morgan fingerprint density at radius 3 is 1.59 bits per heavy atom. The monoisotopic (exact) mass is 400 g/mol. The summed E-state index contributed by atoms with van der Waals surface area (Å²) in [7, 11) is 0. The second kappa shape index (κ2) is 7.48. The normalized spacial score (nSPS) is 22.4. The highest BCUT2D eigenvalue weighted by Crippen LogP contribution is 2.43. The number of ether oxygens (including phenoxy) is 3. The van der Waals surface area contributed by atoms with Crippen LogP contribution in [0.5, 0.6) is 0 Å². The number of rotatable bonds is 6. The quantitative estimate of drug-likeness (QED) is 0.673. The number of epoxide rings is 2. The molecule has 2 heterocycles. The van der Waals surface area contributed by atoms with Crippen LogP contribution in [0.25, 0.3) is 0 Å². The molecule has 7 heteroatoms. The number of halogens is 2. The molecule has 136 valence electrons. The number of hydrogen-bond acceptors (Lipinski definition) is 5. The maximum absolute atomic E-state index is 9.53. The summed E-state index contributed by atoms with van der Waals surface area (Å²) in [6.45, 7) is 1.06. The van der Waals surface area contributed by atoms with Crippen LogP contribution in [0.15, 0.2) is 36.4 Å². The highest BCUT2D eigenvalue weighted by molar-refractivity contribution is 6.32. The van der Waals surface area contributed by atoms with E-state index in [4.69, 9.17) is 37.4 Å². The Balaban J connectivity index is 1.73. The van der Waals surface area contributed by atoms with Gasteiger partial charge in [-0.1, -0.05) is 47.5 Å². The zero-order valence-electron chi connectivity index (χ0n) is 14.1. The van der Waals surface area contributed by atoms with Crippen molar-refractivity contribution < 1.29 is 14.2 Å². The van der Waals surface area contributed by atoms with Crippen molar-refractivity contribution in [3.05, 3.63) is 68.7 Å². The van der Waals surface area contributed by atoms with Crippen LogP contribution in [0.1, 0.15) is 34.5 Å². The van der Waals surface area contributed by atoms with Crippen molar-refractivity contribution in [2.45, 2.75) is 24.4 Å². The molecule has 4 rings (SSSR count). The van der Waals surface area contributed by atoms with E-state index in [9.17, 15) is 10.5 Å². The summed E-state index contributed by atoms with van der Waals surface area (Å²) in [6.07, 6.45) is -1.36. The fourth-order valence-corrected chi connectivity index (χ4v) is 3.58. The second-order valence-corrected chi connectivity index (χ2v) is 7.17. The van der Waals surface area contributed by atoms with E-state index in [1.807, 2.05) is 12.1 Å². The van der Waals surface area contributed by atoms with Crippen LogP contribution >= 0.6 is 23.2 Å². The van der Waals surface area contributed by atoms with Gasteiger partial charge in [-0.3, -0.25) is 0 Å². The molecular formula is C20H14Cl2N2O3. The fourth-order valence-electron chi connectivity index (χ4n) is 3.13. The minimum Gasteiger partial charge on any atom is -0.370 e. The highest BCUT2D eigenvalue weighted by Gasteiger charge is 2.43. The molecule has 0 aromatic heterocycles. The molecule has 2 fully saturated rings. The number of benzene rings is 2. The Morgan fingerprint density at radius 2 is 1.26 bits per heavy atom. The maximum atomic E-state index is 9.53. The van der Waals surface area contributed by atoms with Gasteiger partial charge in [-0.15, -0.1) is 0 Å². The molecule has 2 saturated heterocycles. The van der Waals surface area contributed by atoms with Gasteiger partial charge in [-0.25, -0.2) is 0 Å². The third kappa shape index (κ3) is 3.66. The lowest BCUT2D eigenvalue weighted by molar-refractivity contribution is -0.0421. The summed E-state index contributed by atoms with van der Waals surface area (Å²) >= 11 is 12.4. The summed E-state index contributed by atoms with van der Waals surface area (Å²) in [5.74, 6) is 0. The molecule has 5 nitrogen and oxygen atoms in total. The molecule has 0 N–H and O–H groups in total. The lowest BCUT2D eigenvalue weighted by Crippen LogP contribution is -2.20. The predicted molar refractivity (Wildman–Crippen MR) is 98.4 cm³/mol. The number of nitriles is 2. The Kier molecular flexibility index (Phi) is 5.06. The van der Waals surface area contributed by atoms with E-state index >= 15 is 0 Å². The van der Waals surface area contributed by atoms with Gasteiger partial charge in [0.05, 0.1) is 34.4 Å². The zero-order chi connectivity index (χ0) is 19.0. The third-order valence-corrected chi connectivity index (χ3v) is 5.25. The van der Waals surface area contributed by atoms with E-state index in [2.05, 4.69) is 12.1 Å². The summed E-state index contributed by atoms with van der Waals surface area (Å²) in [5, 5.41) is 19.8. The van der Waals surface area contributed by atoms with Gasteiger partial charge in [0.1, 0.15) is 36.6 Å².